The molecule has 1 aliphatic rings. The van der Waals surface area contributed by atoms with Crippen LogP contribution in [-0.2, 0) is 9.59 Å². The van der Waals surface area contributed by atoms with Gasteiger partial charge in [0.1, 0.15) is 23.8 Å². The van der Waals surface area contributed by atoms with E-state index >= 15 is 0 Å². The minimum Gasteiger partial charge on any atom is -0.494 e. The summed E-state index contributed by atoms with van der Waals surface area (Å²) in [4.78, 5) is 38.6. The molecule has 0 saturated carbocycles. The summed E-state index contributed by atoms with van der Waals surface area (Å²) in [5.41, 5.74) is 1.43. The second kappa shape index (κ2) is 10.1. The molecule has 0 aliphatic carbocycles. The molecule has 1 N–H and O–H groups in total. The molecule has 3 amide bonds. The number of hydrogen-bond donors (Lipinski definition) is 1. The Morgan fingerprint density at radius 1 is 1.09 bits per heavy atom. The number of nitrogens with one attached hydrogen (secondary N) is 1. The zero-order valence-electron chi connectivity index (χ0n) is 17.5. The lowest BCUT2D eigenvalue weighted by atomic mass is 10.2. The smallest absolute Gasteiger partial charge is 0.294 e. The Labute approximate surface area is 202 Å². The first-order valence-corrected chi connectivity index (χ1v) is 11.7. The highest BCUT2D eigenvalue weighted by molar-refractivity contribution is 9.10. The quantitative estimate of drug-likeness (QED) is 0.392. The largest absolute Gasteiger partial charge is 0.494 e. The molecular formula is C24H19BrN2O5S. The highest BCUT2D eigenvalue weighted by atomic mass is 79.9. The van der Waals surface area contributed by atoms with E-state index < -0.39 is 17.1 Å². The lowest BCUT2D eigenvalue weighted by molar-refractivity contribution is -0.127. The summed E-state index contributed by atoms with van der Waals surface area (Å²) in [7, 11) is 0. The van der Waals surface area contributed by atoms with Crippen molar-refractivity contribution >= 4 is 56.5 Å². The Kier molecular flexibility index (Phi) is 7.00. The molecule has 1 fully saturated rings. The van der Waals surface area contributed by atoms with E-state index in [0.717, 1.165) is 26.7 Å². The van der Waals surface area contributed by atoms with Crippen LogP contribution < -0.4 is 10.1 Å². The van der Waals surface area contributed by atoms with E-state index in [9.17, 15) is 14.4 Å². The highest BCUT2D eigenvalue weighted by Gasteiger charge is 2.36. The molecule has 0 spiro atoms. The van der Waals surface area contributed by atoms with Crippen LogP contribution in [0.1, 0.15) is 12.7 Å². The average Bonchev–Trinajstić information content (AvgIpc) is 3.36. The number of nitrogens with zero attached hydrogens (tertiary/aromatic N) is 1. The van der Waals surface area contributed by atoms with Gasteiger partial charge in [-0.1, -0.05) is 28.1 Å². The normalized spacial score (nSPS) is 14.7. The first kappa shape index (κ1) is 22.9. The predicted octanol–water partition coefficient (Wildman–Crippen LogP) is 5.78. The van der Waals surface area contributed by atoms with Gasteiger partial charge in [0, 0.05) is 21.8 Å². The maximum atomic E-state index is 12.7. The molecule has 0 unspecified atom stereocenters. The van der Waals surface area contributed by atoms with Crippen molar-refractivity contribution in [2.24, 2.45) is 0 Å². The van der Waals surface area contributed by atoms with Crippen LogP contribution in [0, 0.1) is 0 Å². The van der Waals surface area contributed by atoms with Crippen LogP contribution in [0.2, 0.25) is 0 Å². The number of furan rings is 1. The van der Waals surface area contributed by atoms with Crippen molar-refractivity contribution < 1.29 is 23.5 Å². The van der Waals surface area contributed by atoms with E-state index in [4.69, 9.17) is 9.15 Å². The average molecular weight is 527 g/mol. The molecule has 7 nitrogen and oxygen atoms in total. The van der Waals surface area contributed by atoms with Crippen molar-refractivity contribution in [3.63, 3.8) is 0 Å². The van der Waals surface area contributed by atoms with Crippen LogP contribution in [0.5, 0.6) is 5.75 Å². The molecule has 0 bridgehead atoms. The monoisotopic (exact) mass is 526 g/mol. The molecule has 1 aromatic heterocycles. The minimum absolute atomic E-state index is 0.200. The second-order valence-electron chi connectivity index (χ2n) is 6.98. The summed E-state index contributed by atoms with van der Waals surface area (Å²) in [6, 6.07) is 18.0. The van der Waals surface area contributed by atoms with E-state index in [1.807, 2.05) is 31.2 Å². The van der Waals surface area contributed by atoms with Crippen molar-refractivity contribution in [3.05, 3.63) is 75.8 Å². The van der Waals surface area contributed by atoms with Gasteiger partial charge in [-0.15, -0.1) is 0 Å². The molecule has 0 atom stereocenters. The van der Waals surface area contributed by atoms with Crippen LogP contribution in [0.15, 0.2) is 74.5 Å². The van der Waals surface area contributed by atoms with Gasteiger partial charge in [-0.25, -0.2) is 0 Å². The Bertz CT molecular complexity index is 1220. The van der Waals surface area contributed by atoms with Crippen LogP contribution in [-0.4, -0.2) is 35.1 Å². The molecule has 33 heavy (non-hydrogen) atoms. The van der Waals surface area contributed by atoms with Crippen molar-refractivity contribution in [1.29, 1.82) is 0 Å². The topological polar surface area (TPSA) is 88.8 Å². The first-order chi connectivity index (χ1) is 15.9. The van der Waals surface area contributed by atoms with Gasteiger partial charge in [-0.3, -0.25) is 19.3 Å². The maximum Gasteiger partial charge on any atom is 0.294 e. The van der Waals surface area contributed by atoms with Gasteiger partial charge in [0.15, 0.2) is 0 Å². The van der Waals surface area contributed by atoms with Gasteiger partial charge in [0.25, 0.3) is 11.1 Å². The Morgan fingerprint density at radius 3 is 2.52 bits per heavy atom. The van der Waals surface area contributed by atoms with Gasteiger partial charge < -0.3 is 14.5 Å². The van der Waals surface area contributed by atoms with Crippen LogP contribution >= 0.6 is 27.7 Å². The number of rotatable bonds is 7. The van der Waals surface area contributed by atoms with Gasteiger partial charge in [0.05, 0.1) is 11.5 Å². The summed E-state index contributed by atoms with van der Waals surface area (Å²) in [6.45, 7) is 2.05. The van der Waals surface area contributed by atoms with Gasteiger partial charge in [-0.2, -0.15) is 0 Å². The predicted molar refractivity (Wildman–Crippen MR) is 131 cm³/mol. The number of carbonyl (C=O) groups excluding carboxylic acids is 3. The standard InChI is InChI=1S/C24H19BrN2O5S/c1-2-31-18-9-7-17(8-10-18)26-22(28)14-27-23(29)21(33-24(27)30)13-19-11-12-20(32-19)15-3-5-16(25)6-4-15/h3-13H,2,14H2,1H3,(H,26,28)/b21-13-. The number of anilines is 1. The van der Waals surface area contributed by atoms with Crippen molar-refractivity contribution in [1.82, 2.24) is 4.90 Å². The van der Waals surface area contributed by atoms with E-state index in [0.29, 0.717) is 29.6 Å². The van der Waals surface area contributed by atoms with Gasteiger partial charge >= 0.3 is 0 Å². The lowest BCUT2D eigenvalue weighted by Gasteiger charge is -2.12. The number of carbonyl (C=O) groups is 3. The minimum atomic E-state index is -0.534. The molecule has 3 aromatic rings. The molecule has 2 aromatic carbocycles. The number of thioether (sulfide) groups is 1. The van der Waals surface area contributed by atoms with Crippen molar-refractivity contribution in [2.75, 3.05) is 18.5 Å². The molecule has 1 saturated heterocycles. The fourth-order valence-corrected chi connectivity index (χ4v) is 4.19. The summed E-state index contributed by atoms with van der Waals surface area (Å²) >= 11 is 4.17. The fraction of sp³-hybridized carbons (Fsp3) is 0.125. The molecule has 2 heterocycles. The summed E-state index contributed by atoms with van der Waals surface area (Å²) in [5.74, 6) is 0.763. The number of amides is 3. The van der Waals surface area contributed by atoms with E-state index in [2.05, 4.69) is 21.2 Å². The van der Waals surface area contributed by atoms with Crippen molar-refractivity contribution in [3.8, 4) is 17.1 Å². The maximum absolute atomic E-state index is 12.7. The third-order valence-electron chi connectivity index (χ3n) is 4.65. The summed E-state index contributed by atoms with van der Waals surface area (Å²) < 4.78 is 12.1. The zero-order chi connectivity index (χ0) is 23.4. The van der Waals surface area contributed by atoms with Crippen LogP contribution in [0.3, 0.4) is 0 Å². The van der Waals surface area contributed by atoms with E-state index in [1.165, 1.54) is 6.08 Å². The van der Waals surface area contributed by atoms with E-state index in [-0.39, 0.29) is 11.4 Å². The van der Waals surface area contributed by atoms with Crippen molar-refractivity contribution in [2.45, 2.75) is 6.92 Å². The summed E-state index contributed by atoms with van der Waals surface area (Å²) in [6.07, 6.45) is 1.51. The number of halogens is 1. The van der Waals surface area contributed by atoms with Crippen LogP contribution in [0.25, 0.3) is 17.4 Å². The molecular weight excluding hydrogens is 508 g/mol. The zero-order valence-corrected chi connectivity index (χ0v) is 19.9. The third kappa shape index (κ3) is 5.55. The Balaban J connectivity index is 1.40. The SMILES string of the molecule is CCOc1ccc(NC(=O)CN2C(=O)S/C(=C\c3ccc(-c4ccc(Br)cc4)o3)C2=O)cc1. The molecule has 0 radical (unpaired) electrons. The number of hydrogen-bond acceptors (Lipinski definition) is 6. The van der Waals surface area contributed by atoms with E-state index in [1.54, 1.807) is 36.4 Å². The number of benzene rings is 2. The molecule has 9 heteroatoms. The molecule has 168 valence electrons. The number of ether oxygens (including phenoxy) is 1. The molecule has 4 rings (SSSR count). The Hall–Kier alpha value is -3.30. The van der Waals surface area contributed by atoms with Gasteiger partial charge in [0.2, 0.25) is 5.91 Å². The molecule has 1 aliphatic heterocycles. The number of imide groups is 1. The summed E-state index contributed by atoms with van der Waals surface area (Å²) in [5, 5.41) is 2.17. The Morgan fingerprint density at radius 2 is 1.82 bits per heavy atom. The van der Waals surface area contributed by atoms with Gasteiger partial charge in [-0.05, 0) is 67.2 Å². The highest BCUT2D eigenvalue weighted by Crippen LogP contribution is 2.33. The lowest BCUT2D eigenvalue weighted by Crippen LogP contribution is -2.36. The third-order valence-corrected chi connectivity index (χ3v) is 6.09. The second-order valence-corrected chi connectivity index (χ2v) is 8.89. The van der Waals surface area contributed by atoms with Crippen LogP contribution in [0.4, 0.5) is 10.5 Å². The first-order valence-electron chi connectivity index (χ1n) is 10.1. The fourth-order valence-electron chi connectivity index (χ4n) is 3.11.